The van der Waals surface area contributed by atoms with Crippen molar-refractivity contribution in [1.29, 1.82) is 0 Å². The molecule has 1 heterocycles. The molecular weight excluding hydrogens is 322 g/mol. The smallest absolute Gasteiger partial charge is 0.275 e. The van der Waals surface area contributed by atoms with Crippen LogP contribution in [0.1, 0.15) is 29.3 Å². The summed E-state index contributed by atoms with van der Waals surface area (Å²) in [6.45, 7) is 5.09. The van der Waals surface area contributed by atoms with Crippen molar-refractivity contribution in [1.82, 2.24) is 4.98 Å². The summed E-state index contributed by atoms with van der Waals surface area (Å²) < 4.78 is 5.71. The molecule has 0 aliphatic rings. The topological polar surface area (TPSA) is 77.2 Å². The molecule has 5 nitrogen and oxygen atoms in total. The van der Waals surface area contributed by atoms with Gasteiger partial charge < -0.3 is 15.8 Å². The Morgan fingerprint density at radius 1 is 1.41 bits per heavy atom. The molecule has 1 aromatic heterocycles. The molecule has 3 N–H and O–H groups in total. The monoisotopic (exact) mass is 341 g/mol. The highest BCUT2D eigenvalue weighted by Crippen LogP contribution is 2.25. The summed E-state index contributed by atoms with van der Waals surface area (Å²) in [5.41, 5.74) is 6.52. The lowest BCUT2D eigenvalue weighted by Crippen LogP contribution is -2.14. The van der Waals surface area contributed by atoms with Gasteiger partial charge in [0.05, 0.1) is 12.3 Å². The summed E-state index contributed by atoms with van der Waals surface area (Å²) in [7, 11) is 0. The van der Waals surface area contributed by atoms with Gasteiger partial charge in [-0.05, 0) is 18.1 Å². The highest BCUT2D eigenvalue weighted by atomic mass is 35.5. The van der Waals surface area contributed by atoms with Gasteiger partial charge in [0.25, 0.3) is 5.91 Å². The summed E-state index contributed by atoms with van der Waals surface area (Å²) in [5, 5.41) is 5.27. The average Bonchev–Trinajstić information content (AvgIpc) is 2.95. The fraction of sp³-hybridized carbons (Fsp3) is 0.333. The van der Waals surface area contributed by atoms with Crippen molar-refractivity contribution >= 4 is 35.3 Å². The van der Waals surface area contributed by atoms with E-state index in [1.165, 1.54) is 11.3 Å². The van der Waals surface area contributed by atoms with E-state index in [1.807, 2.05) is 24.3 Å². The first-order chi connectivity index (χ1) is 10.1. The van der Waals surface area contributed by atoms with Gasteiger partial charge in [-0.25, -0.2) is 4.98 Å². The summed E-state index contributed by atoms with van der Waals surface area (Å²) in [6.07, 6.45) is 0. The van der Waals surface area contributed by atoms with Gasteiger partial charge in [0, 0.05) is 11.9 Å². The molecule has 0 aliphatic carbocycles. The number of thiazole rings is 1. The molecule has 0 bridgehead atoms. The van der Waals surface area contributed by atoms with Crippen LogP contribution in [-0.4, -0.2) is 17.5 Å². The van der Waals surface area contributed by atoms with Crippen molar-refractivity contribution in [3.8, 4) is 5.75 Å². The molecule has 0 saturated heterocycles. The molecule has 0 spiro atoms. The molecule has 0 radical (unpaired) electrons. The zero-order valence-electron chi connectivity index (χ0n) is 12.5. The number of para-hydroxylation sites is 2. The Balaban J connectivity index is 0.00000242. The van der Waals surface area contributed by atoms with Gasteiger partial charge in [0.2, 0.25) is 0 Å². The number of ether oxygens (including phenoxy) is 1. The Bertz CT molecular complexity index is 616. The Hall–Kier alpha value is -1.63. The maximum Gasteiger partial charge on any atom is 0.275 e. The first-order valence-electron chi connectivity index (χ1n) is 6.77. The molecule has 7 heteroatoms. The van der Waals surface area contributed by atoms with E-state index in [-0.39, 0.29) is 18.3 Å². The largest absolute Gasteiger partial charge is 0.491 e. The van der Waals surface area contributed by atoms with Crippen molar-refractivity contribution in [2.45, 2.75) is 20.4 Å². The van der Waals surface area contributed by atoms with Crippen molar-refractivity contribution < 1.29 is 9.53 Å². The molecule has 2 aromatic rings. The number of carbonyl (C=O) groups is 1. The molecule has 1 amide bonds. The molecule has 1 aromatic carbocycles. The van der Waals surface area contributed by atoms with Crippen molar-refractivity contribution in [2.75, 3.05) is 11.9 Å². The quantitative estimate of drug-likeness (QED) is 0.845. The number of benzene rings is 1. The number of carbonyl (C=O) groups excluding carboxylic acids is 1. The number of nitrogens with zero attached hydrogens (tertiary/aromatic N) is 1. The van der Waals surface area contributed by atoms with Gasteiger partial charge in [-0.15, -0.1) is 23.7 Å². The minimum Gasteiger partial charge on any atom is -0.491 e. The maximum atomic E-state index is 12.2. The van der Waals surface area contributed by atoms with E-state index in [9.17, 15) is 4.79 Å². The summed E-state index contributed by atoms with van der Waals surface area (Å²) in [6, 6.07) is 7.37. The van der Waals surface area contributed by atoms with Crippen LogP contribution in [0.15, 0.2) is 29.6 Å². The van der Waals surface area contributed by atoms with Crippen LogP contribution in [0.4, 0.5) is 5.69 Å². The average molecular weight is 342 g/mol. The first-order valence-corrected chi connectivity index (χ1v) is 7.65. The minimum atomic E-state index is -0.258. The van der Waals surface area contributed by atoms with Gasteiger partial charge >= 0.3 is 0 Å². The number of hydrogen-bond donors (Lipinski definition) is 2. The zero-order valence-corrected chi connectivity index (χ0v) is 14.2. The van der Waals surface area contributed by atoms with Crippen LogP contribution in [0.5, 0.6) is 5.75 Å². The van der Waals surface area contributed by atoms with E-state index in [4.69, 9.17) is 10.5 Å². The molecule has 120 valence electrons. The fourth-order valence-electron chi connectivity index (χ4n) is 1.65. The third-order valence-electron chi connectivity index (χ3n) is 2.67. The standard InChI is InChI=1S/C15H19N3O2S.ClH/c1-10(2)8-20-13-6-4-3-5-11(13)18-15(19)12-9-21-14(7-16)17-12;/h3-6,9-10H,7-8,16H2,1-2H3,(H,18,19);1H. The fourth-order valence-corrected chi connectivity index (χ4v) is 2.30. The second-order valence-corrected chi connectivity index (χ2v) is 5.93. The number of aromatic nitrogens is 1. The lowest BCUT2D eigenvalue weighted by atomic mass is 10.2. The molecule has 0 aliphatic heterocycles. The first kappa shape index (κ1) is 18.4. The maximum absolute atomic E-state index is 12.2. The van der Waals surface area contributed by atoms with Crippen molar-refractivity contribution in [2.24, 2.45) is 11.7 Å². The van der Waals surface area contributed by atoms with E-state index in [0.29, 0.717) is 36.2 Å². The van der Waals surface area contributed by atoms with Crippen molar-refractivity contribution in [3.05, 3.63) is 40.3 Å². The number of nitrogens with two attached hydrogens (primary N) is 1. The Labute approximate surface area is 140 Å². The Kier molecular flexibility index (Phi) is 7.31. The molecule has 0 unspecified atom stereocenters. The highest BCUT2D eigenvalue weighted by Gasteiger charge is 2.13. The van der Waals surface area contributed by atoms with Crippen LogP contribution < -0.4 is 15.8 Å². The molecular formula is C15H20ClN3O2S. The summed E-state index contributed by atoms with van der Waals surface area (Å²) in [5.74, 6) is 0.819. The number of rotatable bonds is 6. The predicted octanol–water partition coefficient (Wildman–Crippen LogP) is 3.31. The lowest BCUT2D eigenvalue weighted by molar-refractivity contribution is 0.102. The Morgan fingerprint density at radius 2 is 2.14 bits per heavy atom. The van der Waals surface area contributed by atoms with Crippen LogP contribution in [0.3, 0.4) is 0 Å². The van der Waals surface area contributed by atoms with E-state index < -0.39 is 0 Å². The molecule has 0 fully saturated rings. The Morgan fingerprint density at radius 3 is 2.77 bits per heavy atom. The summed E-state index contributed by atoms with van der Waals surface area (Å²) in [4.78, 5) is 16.3. The third kappa shape index (κ3) is 4.98. The van der Waals surface area contributed by atoms with E-state index in [2.05, 4.69) is 24.1 Å². The number of nitrogens with one attached hydrogen (secondary N) is 1. The molecule has 22 heavy (non-hydrogen) atoms. The number of halogens is 1. The highest BCUT2D eigenvalue weighted by molar-refractivity contribution is 7.09. The van der Waals surface area contributed by atoms with E-state index >= 15 is 0 Å². The molecule has 2 rings (SSSR count). The van der Waals surface area contributed by atoms with Gasteiger partial charge in [0.1, 0.15) is 16.5 Å². The number of amides is 1. The third-order valence-corrected chi connectivity index (χ3v) is 3.54. The van der Waals surface area contributed by atoms with Gasteiger partial charge in [-0.1, -0.05) is 26.0 Å². The summed E-state index contributed by atoms with van der Waals surface area (Å²) >= 11 is 1.38. The predicted molar refractivity (Wildman–Crippen MR) is 92.0 cm³/mol. The van der Waals surface area contributed by atoms with E-state index in [1.54, 1.807) is 5.38 Å². The zero-order chi connectivity index (χ0) is 15.2. The second-order valence-electron chi connectivity index (χ2n) is 4.99. The lowest BCUT2D eigenvalue weighted by Gasteiger charge is -2.13. The van der Waals surface area contributed by atoms with Crippen molar-refractivity contribution in [3.63, 3.8) is 0 Å². The van der Waals surface area contributed by atoms with Gasteiger partial charge in [0.15, 0.2) is 0 Å². The van der Waals surface area contributed by atoms with Crippen LogP contribution >= 0.6 is 23.7 Å². The minimum absolute atomic E-state index is 0. The number of anilines is 1. The SMILES string of the molecule is CC(C)COc1ccccc1NC(=O)c1csc(CN)n1.Cl. The van der Waals surface area contributed by atoms with Crippen LogP contribution in [-0.2, 0) is 6.54 Å². The van der Waals surface area contributed by atoms with Gasteiger partial charge in [-0.2, -0.15) is 0 Å². The molecule has 0 saturated carbocycles. The molecule has 0 atom stereocenters. The van der Waals surface area contributed by atoms with E-state index in [0.717, 1.165) is 5.01 Å². The van der Waals surface area contributed by atoms with Crippen LogP contribution in [0.2, 0.25) is 0 Å². The van der Waals surface area contributed by atoms with Gasteiger partial charge in [-0.3, -0.25) is 4.79 Å². The van der Waals surface area contributed by atoms with Crippen LogP contribution in [0.25, 0.3) is 0 Å². The van der Waals surface area contributed by atoms with Crippen LogP contribution in [0, 0.1) is 5.92 Å². The second kappa shape index (κ2) is 8.73. The normalized spacial score (nSPS) is 10.2. The number of hydrogen-bond acceptors (Lipinski definition) is 5.